The minimum Gasteiger partial charge on any atom is -0.367 e. The molecule has 7 heteroatoms. The molecule has 24 heavy (non-hydrogen) atoms. The zero-order chi connectivity index (χ0) is 17.3. The molecule has 0 bridgehead atoms. The van der Waals surface area contributed by atoms with Crippen molar-refractivity contribution in [2.75, 3.05) is 31.1 Å². The second-order valence-corrected chi connectivity index (χ2v) is 7.07. The summed E-state index contributed by atoms with van der Waals surface area (Å²) < 4.78 is 0. The third kappa shape index (κ3) is 3.46. The molecule has 0 unspecified atom stereocenters. The van der Waals surface area contributed by atoms with E-state index in [-0.39, 0.29) is 5.97 Å². The van der Waals surface area contributed by atoms with Crippen LogP contribution in [0.3, 0.4) is 0 Å². The minimum atomic E-state index is -0.497. The SMILES string of the molecule is Cc1ccc2c(N3CCN(OC(=O)C(C)(C)C)CC3)ncnc2n1. The van der Waals surface area contributed by atoms with Crippen LogP contribution >= 0.6 is 0 Å². The van der Waals surface area contributed by atoms with Gasteiger partial charge in [-0.15, -0.1) is 5.06 Å². The fourth-order valence-electron chi connectivity index (χ4n) is 2.52. The summed E-state index contributed by atoms with van der Waals surface area (Å²) in [6.07, 6.45) is 1.55. The first-order valence-corrected chi connectivity index (χ1v) is 8.15. The van der Waals surface area contributed by atoms with Crippen molar-refractivity contribution in [1.29, 1.82) is 0 Å². The summed E-state index contributed by atoms with van der Waals surface area (Å²) in [4.78, 5) is 32.8. The van der Waals surface area contributed by atoms with Crippen molar-refractivity contribution in [1.82, 2.24) is 20.0 Å². The van der Waals surface area contributed by atoms with Crippen LogP contribution in [-0.4, -0.2) is 52.2 Å². The lowest BCUT2D eigenvalue weighted by molar-refractivity contribution is -0.201. The van der Waals surface area contributed by atoms with Gasteiger partial charge in [0, 0.05) is 18.8 Å². The number of hydrogen-bond acceptors (Lipinski definition) is 7. The molecule has 1 saturated heterocycles. The van der Waals surface area contributed by atoms with Gasteiger partial charge in [-0.2, -0.15) is 0 Å². The first kappa shape index (κ1) is 16.6. The van der Waals surface area contributed by atoms with Gasteiger partial charge in [0.1, 0.15) is 12.1 Å². The smallest absolute Gasteiger partial charge is 0.330 e. The number of rotatable bonds is 2. The van der Waals surface area contributed by atoms with Crippen molar-refractivity contribution in [3.05, 3.63) is 24.2 Å². The zero-order valence-electron chi connectivity index (χ0n) is 14.6. The van der Waals surface area contributed by atoms with Crippen LogP contribution in [0.15, 0.2) is 18.5 Å². The Morgan fingerprint density at radius 1 is 1.12 bits per heavy atom. The van der Waals surface area contributed by atoms with E-state index >= 15 is 0 Å². The lowest BCUT2D eigenvalue weighted by atomic mass is 9.98. The van der Waals surface area contributed by atoms with Gasteiger partial charge < -0.3 is 9.74 Å². The van der Waals surface area contributed by atoms with Crippen LogP contribution in [0.5, 0.6) is 0 Å². The molecule has 0 saturated carbocycles. The normalized spacial score (nSPS) is 16.4. The number of carbonyl (C=O) groups is 1. The summed E-state index contributed by atoms with van der Waals surface area (Å²) >= 11 is 0. The molecule has 2 aromatic rings. The van der Waals surface area contributed by atoms with Gasteiger partial charge in [0.15, 0.2) is 5.65 Å². The topological polar surface area (TPSA) is 71.5 Å². The van der Waals surface area contributed by atoms with E-state index in [0.29, 0.717) is 18.7 Å². The number of carbonyl (C=O) groups excluding carboxylic acids is 1. The molecular weight excluding hydrogens is 306 g/mol. The first-order valence-electron chi connectivity index (χ1n) is 8.15. The number of aryl methyl sites for hydroxylation is 1. The van der Waals surface area contributed by atoms with E-state index in [4.69, 9.17) is 4.84 Å². The van der Waals surface area contributed by atoms with Crippen LogP contribution < -0.4 is 4.90 Å². The highest BCUT2D eigenvalue weighted by molar-refractivity contribution is 5.86. The van der Waals surface area contributed by atoms with Crippen LogP contribution in [0.25, 0.3) is 11.0 Å². The quantitative estimate of drug-likeness (QED) is 0.834. The summed E-state index contributed by atoms with van der Waals surface area (Å²) in [6, 6.07) is 3.98. The number of pyridine rings is 1. The van der Waals surface area contributed by atoms with E-state index in [1.54, 1.807) is 11.4 Å². The van der Waals surface area contributed by atoms with E-state index in [9.17, 15) is 4.79 Å². The Morgan fingerprint density at radius 2 is 1.83 bits per heavy atom. The number of anilines is 1. The van der Waals surface area contributed by atoms with Gasteiger partial charge in [0.2, 0.25) is 0 Å². The minimum absolute atomic E-state index is 0.205. The molecule has 3 rings (SSSR count). The molecule has 1 fully saturated rings. The Labute approximate surface area is 141 Å². The van der Waals surface area contributed by atoms with E-state index in [2.05, 4.69) is 19.9 Å². The molecule has 0 spiro atoms. The van der Waals surface area contributed by atoms with Crippen molar-refractivity contribution >= 4 is 22.8 Å². The fraction of sp³-hybridized carbons (Fsp3) is 0.529. The molecule has 0 atom stereocenters. The van der Waals surface area contributed by atoms with Gasteiger partial charge in [0.05, 0.1) is 23.9 Å². The monoisotopic (exact) mass is 329 g/mol. The van der Waals surface area contributed by atoms with Gasteiger partial charge in [-0.25, -0.2) is 19.7 Å². The standard InChI is InChI=1S/C17H23N5O2/c1-12-5-6-13-14(20-12)18-11-19-15(13)21-7-9-22(10-8-21)24-16(23)17(2,3)4/h5-6,11H,7-10H2,1-4H3. The predicted molar refractivity (Wildman–Crippen MR) is 91.4 cm³/mol. The summed E-state index contributed by atoms with van der Waals surface area (Å²) in [6.45, 7) is 10.3. The first-order chi connectivity index (χ1) is 11.3. The summed E-state index contributed by atoms with van der Waals surface area (Å²) in [5.74, 6) is 0.678. The number of hydroxylamine groups is 2. The molecule has 1 aliphatic rings. The lowest BCUT2D eigenvalue weighted by Gasteiger charge is -2.35. The molecule has 0 N–H and O–H groups in total. The lowest BCUT2D eigenvalue weighted by Crippen LogP contribution is -2.48. The Kier molecular flexibility index (Phi) is 4.36. The maximum atomic E-state index is 12.0. The Bertz CT molecular complexity index is 748. The fourth-order valence-corrected chi connectivity index (χ4v) is 2.52. The highest BCUT2D eigenvalue weighted by Crippen LogP contribution is 2.23. The van der Waals surface area contributed by atoms with Crippen molar-refractivity contribution in [2.45, 2.75) is 27.7 Å². The van der Waals surface area contributed by atoms with E-state index in [1.165, 1.54) is 0 Å². The van der Waals surface area contributed by atoms with Gasteiger partial charge in [0.25, 0.3) is 0 Å². The molecule has 0 aromatic carbocycles. The van der Waals surface area contributed by atoms with Gasteiger partial charge in [-0.1, -0.05) is 0 Å². The molecule has 7 nitrogen and oxygen atoms in total. The molecule has 3 heterocycles. The number of hydrogen-bond donors (Lipinski definition) is 0. The van der Waals surface area contributed by atoms with Gasteiger partial charge in [-0.05, 0) is 39.8 Å². The van der Waals surface area contributed by atoms with Crippen molar-refractivity contribution < 1.29 is 9.63 Å². The van der Waals surface area contributed by atoms with Crippen molar-refractivity contribution in [3.8, 4) is 0 Å². The molecular formula is C17H23N5O2. The number of aromatic nitrogens is 3. The molecule has 0 aliphatic carbocycles. The number of nitrogens with zero attached hydrogens (tertiary/aromatic N) is 5. The van der Waals surface area contributed by atoms with Gasteiger partial charge in [-0.3, -0.25) is 0 Å². The third-order valence-corrected chi connectivity index (χ3v) is 3.98. The Balaban J connectivity index is 1.70. The largest absolute Gasteiger partial charge is 0.367 e. The van der Waals surface area contributed by atoms with E-state index in [0.717, 1.165) is 30.0 Å². The maximum absolute atomic E-state index is 12.0. The highest BCUT2D eigenvalue weighted by Gasteiger charge is 2.28. The van der Waals surface area contributed by atoms with Crippen molar-refractivity contribution in [2.24, 2.45) is 5.41 Å². The predicted octanol–water partition coefficient (Wildman–Crippen LogP) is 1.96. The average Bonchev–Trinajstić information content (AvgIpc) is 2.54. The number of fused-ring (bicyclic) bond motifs is 1. The molecule has 128 valence electrons. The highest BCUT2D eigenvalue weighted by atomic mass is 16.7. The summed E-state index contributed by atoms with van der Waals surface area (Å²) in [7, 11) is 0. The van der Waals surface area contributed by atoms with Gasteiger partial charge >= 0.3 is 5.97 Å². The van der Waals surface area contributed by atoms with Crippen LogP contribution in [0.4, 0.5) is 5.82 Å². The van der Waals surface area contributed by atoms with E-state index in [1.807, 2.05) is 39.8 Å². The molecule has 1 aliphatic heterocycles. The average molecular weight is 329 g/mol. The second kappa shape index (κ2) is 6.32. The van der Waals surface area contributed by atoms with Crippen LogP contribution in [-0.2, 0) is 9.63 Å². The zero-order valence-corrected chi connectivity index (χ0v) is 14.6. The van der Waals surface area contributed by atoms with E-state index < -0.39 is 5.41 Å². The third-order valence-electron chi connectivity index (χ3n) is 3.98. The Morgan fingerprint density at radius 3 is 2.50 bits per heavy atom. The van der Waals surface area contributed by atoms with Crippen LogP contribution in [0.1, 0.15) is 26.5 Å². The van der Waals surface area contributed by atoms with Crippen molar-refractivity contribution in [3.63, 3.8) is 0 Å². The van der Waals surface area contributed by atoms with Crippen LogP contribution in [0.2, 0.25) is 0 Å². The maximum Gasteiger partial charge on any atom is 0.330 e. The summed E-state index contributed by atoms with van der Waals surface area (Å²) in [5, 5.41) is 2.68. The molecule has 2 aromatic heterocycles. The number of piperazine rings is 1. The second-order valence-electron chi connectivity index (χ2n) is 7.07. The summed E-state index contributed by atoms with van der Waals surface area (Å²) in [5.41, 5.74) is 1.15. The Hall–Kier alpha value is -2.28. The molecule has 0 amide bonds. The molecule has 0 radical (unpaired) electrons. The van der Waals surface area contributed by atoms with Crippen LogP contribution in [0, 0.1) is 12.3 Å².